The number of piperidine rings is 3. The summed E-state index contributed by atoms with van der Waals surface area (Å²) in [7, 11) is -3.59. The molecule has 6 heteroatoms. The number of sulfonamides is 1. The zero-order valence-corrected chi connectivity index (χ0v) is 12.3. The highest BCUT2D eigenvalue weighted by Gasteiger charge is 2.33. The van der Waals surface area contributed by atoms with E-state index in [1.54, 1.807) is 12.1 Å². The Kier molecular flexibility index (Phi) is 3.81. The number of hydrogen-bond acceptors (Lipinski definition) is 4. The van der Waals surface area contributed by atoms with Crippen molar-refractivity contribution in [3.63, 3.8) is 0 Å². The largest absolute Gasteiger partial charge is 0.308 e. The summed E-state index contributed by atoms with van der Waals surface area (Å²) >= 11 is 0. The van der Waals surface area contributed by atoms with Gasteiger partial charge in [-0.15, -0.1) is 0 Å². The second kappa shape index (κ2) is 5.44. The van der Waals surface area contributed by atoms with Gasteiger partial charge >= 0.3 is 0 Å². The summed E-state index contributed by atoms with van der Waals surface area (Å²) in [6.07, 6.45) is 2.59. The first-order chi connectivity index (χ1) is 9.52. The monoisotopic (exact) mass is 295 g/mol. The van der Waals surface area contributed by atoms with Crippen LogP contribution >= 0.6 is 0 Å². The van der Waals surface area contributed by atoms with Crippen LogP contribution in [0.3, 0.4) is 0 Å². The average Bonchev–Trinajstić information content (AvgIpc) is 2.46. The quantitative estimate of drug-likeness (QED) is 0.849. The minimum atomic E-state index is -3.59. The second-order valence-corrected chi connectivity index (χ2v) is 7.38. The summed E-state index contributed by atoms with van der Waals surface area (Å²) in [5.41, 5.74) is 1.09. The molecule has 1 atom stereocenters. The predicted octanol–water partition coefficient (Wildman–Crippen LogP) is 0.518. The number of benzene rings is 1. The maximum absolute atomic E-state index is 11.2. The van der Waals surface area contributed by atoms with Crippen LogP contribution in [0.15, 0.2) is 29.2 Å². The van der Waals surface area contributed by atoms with Crippen LogP contribution in [0.5, 0.6) is 0 Å². The van der Waals surface area contributed by atoms with Crippen molar-refractivity contribution < 1.29 is 8.42 Å². The smallest absolute Gasteiger partial charge is 0.238 e. The predicted molar refractivity (Wildman–Crippen MR) is 77.6 cm³/mol. The first-order valence-corrected chi connectivity index (χ1v) is 8.64. The Labute approximate surface area is 120 Å². The van der Waals surface area contributed by atoms with Gasteiger partial charge in [0.15, 0.2) is 0 Å². The van der Waals surface area contributed by atoms with Crippen molar-refractivity contribution in [1.82, 2.24) is 10.2 Å². The minimum absolute atomic E-state index is 0.170. The van der Waals surface area contributed by atoms with Gasteiger partial charge < -0.3 is 10.2 Å². The van der Waals surface area contributed by atoms with E-state index in [1.165, 1.54) is 25.9 Å². The molecular weight excluding hydrogens is 274 g/mol. The lowest BCUT2D eigenvalue weighted by atomic mass is 9.84. The summed E-state index contributed by atoms with van der Waals surface area (Å²) in [4.78, 5) is 2.69. The SMILES string of the molecule is NS(=O)(=O)c1ccc(CNC2CN3CCC2CC3)cc1. The molecule has 1 aromatic carbocycles. The van der Waals surface area contributed by atoms with Crippen molar-refractivity contribution in [2.75, 3.05) is 19.6 Å². The maximum atomic E-state index is 11.2. The molecule has 3 saturated heterocycles. The van der Waals surface area contributed by atoms with Crippen molar-refractivity contribution in [2.45, 2.75) is 30.3 Å². The normalized spacial score (nSPS) is 29.6. The van der Waals surface area contributed by atoms with Crippen molar-refractivity contribution >= 4 is 10.0 Å². The highest BCUT2D eigenvalue weighted by molar-refractivity contribution is 7.89. The van der Waals surface area contributed by atoms with Gasteiger partial charge in [0.05, 0.1) is 4.90 Å². The lowest BCUT2D eigenvalue weighted by molar-refractivity contribution is 0.0720. The maximum Gasteiger partial charge on any atom is 0.238 e. The fraction of sp³-hybridized carbons (Fsp3) is 0.571. The molecule has 0 radical (unpaired) electrons. The Balaban J connectivity index is 1.59. The molecule has 1 unspecified atom stereocenters. The van der Waals surface area contributed by atoms with Crippen LogP contribution in [0, 0.1) is 5.92 Å². The van der Waals surface area contributed by atoms with Crippen LogP contribution in [0.25, 0.3) is 0 Å². The minimum Gasteiger partial charge on any atom is -0.308 e. The van der Waals surface area contributed by atoms with E-state index in [2.05, 4.69) is 10.2 Å². The summed E-state index contributed by atoms with van der Waals surface area (Å²) < 4.78 is 22.4. The number of nitrogens with one attached hydrogen (secondary N) is 1. The molecule has 3 aliphatic heterocycles. The summed E-state index contributed by atoms with van der Waals surface area (Å²) in [6, 6.07) is 7.36. The Hall–Kier alpha value is -0.950. The molecule has 0 saturated carbocycles. The number of primary sulfonamides is 1. The van der Waals surface area contributed by atoms with Gasteiger partial charge in [0, 0.05) is 19.1 Å². The van der Waals surface area contributed by atoms with Crippen molar-refractivity contribution in [3.05, 3.63) is 29.8 Å². The third-order valence-electron chi connectivity index (χ3n) is 4.48. The second-order valence-electron chi connectivity index (χ2n) is 5.81. The Morgan fingerprint density at radius 3 is 2.35 bits per heavy atom. The van der Waals surface area contributed by atoms with Crippen molar-refractivity contribution in [3.8, 4) is 0 Å². The number of fused-ring (bicyclic) bond motifs is 3. The zero-order chi connectivity index (χ0) is 14.2. The Morgan fingerprint density at radius 2 is 1.85 bits per heavy atom. The zero-order valence-electron chi connectivity index (χ0n) is 11.5. The fourth-order valence-electron chi connectivity index (χ4n) is 3.24. The van der Waals surface area contributed by atoms with Gasteiger partial charge in [-0.2, -0.15) is 0 Å². The first kappa shape index (κ1) is 14.0. The molecule has 1 aromatic rings. The molecular formula is C14H21N3O2S. The third-order valence-corrected chi connectivity index (χ3v) is 5.41. The lowest BCUT2D eigenvalue weighted by Crippen LogP contribution is -2.55. The van der Waals surface area contributed by atoms with E-state index < -0.39 is 10.0 Å². The van der Waals surface area contributed by atoms with Gasteiger partial charge in [-0.25, -0.2) is 13.6 Å². The van der Waals surface area contributed by atoms with E-state index in [-0.39, 0.29) is 4.90 Å². The van der Waals surface area contributed by atoms with E-state index in [4.69, 9.17) is 5.14 Å². The fourth-order valence-corrected chi connectivity index (χ4v) is 3.76. The van der Waals surface area contributed by atoms with Crippen LogP contribution in [0.2, 0.25) is 0 Å². The standard InChI is InChI=1S/C14H21N3O2S/c15-20(18,19)13-3-1-11(2-4-13)9-16-14-10-17-7-5-12(14)6-8-17/h1-4,12,14,16H,5-10H2,(H2,15,18,19). The van der Waals surface area contributed by atoms with Crippen molar-refractivity contribution in [1.29, 1.82) is 0 Å². The molecule has 20 heavy (non-hydrogen) atoms. The first-order valence-electron chi connectivity index (χ1n) is 7.10. The molecule has 3 aliphatic rings. The van der Waals surface area contributed by atoms with Crippen LogP contribution in [0.4, 0.5) is 0 Å². The van der Waals surface area contributed by atoms with Gasteiger partial charge in [-0.1, -0.05) is 12.1 Å². The highest BCUT2D eigenvalue weighted by Crippen LogP contribution is 2.27. The average molecular weight is 295 g/mol. The van der Waals surface area contributed by atoms with Crippen LogP contribution in [-0.2, 0) is 16.6 Å². The van der Waals surface area contributed by atoms with E-state index in [0.29, 0.717) is 6.04 Å². The lowest BCUT2D eigenvalue weighted by Gasteiger charge is -2.45. The molecule has 110 valence electrons. The summed E-state index contributed by atoms with van der Waals surface area (Å²) in [5, 5.41) is 8.70. The van der Waals surface area contributed by atoms with Gasteiger partial charge in [0.25, 0.3) is 0 Å². The molecule has 3 heterocycles. The third kappa shape index (κ3) is 3.03. The molecule has 4 rings (SSSR count). The van der Waals surface area contributed by atoms with Gasteiger partial charge in [0.1, 0.15) is 0 Å². The molecule has 0 aromatic heterocycles. The van der Waals surface area contributed by atoms with E-state index in [0.717, 1.165) is 24.6 Å². The Bertz CT molecular complexity index is 563. The molecule has 0 amide bonds. The molecule has 3 N–H and O–H groups in total. The number of hydrogen-bond donors (Lipinski definition) is 2. The molecule has 5 nitrogen and oxygen atoms in total. The number of nitrogens with two attached hydrogens (primary N) is 1. The van der Waals surface area contributed by atoms with E-state index in [1.807, 2.05) is 12.1 Å². The van der Waals surface area contributed by atoms with E-state index >= 15 is 0 Å². The van der Waals surface area contributed by atoms with Gasteiger partial charge in [-0.05, 0) is 49.5 Å². The molecule has 2 bridgehead atoms. The Morgan fingerprint density at radius 1 is 1.20 bits per heavy atom. The number of rotatable bonds is 4. The van der Waals surface area contributed by atoms with Crippen LogP contribution in [-0.4, -0.2) is 39.0 Å². The van der Waals surface area contributed by atoms with Crippen molar-refractivity contribution in [2.24, 2.45) is 11.1 Å². The highest BCUT2D eigenvalue weighted by atomic mass is 32.2. The van der Waals surface area contributed by atoms with Gasteiger partial charge in [-0.3, -0.25) is 0 Å². The molecule has 0 spiro atoms. The molecule has 3 fully saturated rings. The molecule has 0 aliphatic carbocycles. The van der Waals surface area contributed by atoms with Crippen LogP contribution in [0.1, 0.15) is 18.4 Å². The topological polar surface area (TPSA) is 75.4 Å². The number of nitrogens with zero attached hydrogens (tertiary/aromatic N) is 1. The summed E-state index contributed by atoms with van der Waals surface area (Å²) in [5.74, 6) is 0.795. The summed E-state index contributed by atoms with van der Waals surface area (Å²) in [6.45, 7) is 4.40. The van der Waals surface area contributed by atoms with Crippen LogP contribution < -0.4 is 10.5 Å². The van der Waals surface area contributed by atoms with Gasteiger partial charge in [0.2, 0.25) is 10.0 Å². The van der Waals surface area contributed by atoms with E-state index in [9.17, 15) is 8.42 Å².